The molecular formula is C14H19N3OS. The monoisotopic (exact) mass is 277 g/mol. The van der Waals surface area contributed by atoms with Crippen LogP contribution in [0.25, 0.3) is 0 Å². The Balaban J connectivity index is 1.87. The first-order chi connectivity index (χ1) is 9.31. The van der Waals surface area contributed by atoms with Gasteiger partial charge in [0.15, 0.2) is 0 Å². The maximum atomic E-state index is 12.8. The summed E-state index contributed by atoms with van der Waals surface area (Å²) in [6, 6.07) is 0.151. The van der Waals surface area contributed by atoms with Crippen LogP contribution in [0.5, 0.6) is 0 Å². The molecule has 1 aliphatic heterocycles. The van der Waals surface area contributed by atoms with Gasteiger partial charge in [0.05, 0.1) is 16.1 Å². The molecule has 0 saturated carbocycles. The van der Waals surface area contributed by atoms with E-state index in [0.29, 0.717) is 6.04 Å². The van der Waals surface area contributed by atoms with Gasteiger partial charge in [-0.2, -0.15) is 0 Å². The summed E-state index contributed by atoms with van der Waals surface area (Å²) in [5.74, 6) is 0.214. The summed E-state index contributed by atoms with van der Waals surface area (Å²) in [7, 11) is 1.86. The molecule has 0 radical (unpaired) electrons. The van der Waals surface area contributed by atoms with Gasteiger partial charge >= 0.3 is 0 Å². The van der Waals surface area contributed by atoms with E-state index in [-0.39, 0.29) is 11.9 Å². The van der Waals surface area contributed by atoms with Crippen molar-refractivity contribution >= 4 is 17.2 Å². The molecule has 3 rings (SSSR count). The first-order valence-corrected chi connectivity index (χ1v) is 7.74. The highest BCUT2D eigenvalue weighted by molar-refractivity contribution is 7.10. The minimum absolute atomic E-state index is 0.212. The van der Waals surface area contributed by atoms with E-state index in [2.05, 4.69) is 27.4 Å². The van der Waals surface area contributed by atoms with Crippen molar-refractivity contribution in [2.45, 2.75) is 37.8 Å². The molecule has 0 saturated heterocycles. The summed E-state index contributed by atoms with van der Waals surface area (Å²) in [5.41, 5.74) is 2.94. The predicted octanol–water partition coefficient (Wildman–Crippen LogP) is 1.90. The lowest BCUT2D eigenvalue weighted by Crippen LogP contribution is -2.45. The van der Waals surface area contributed by atoms with Crippen molar-refractivity contribution in [2.24, 2.45) is 0 Å². The molecule has 2 heterocycles. The van der Waals surface area contributed by atoms with Gasteiger partial charge in [-0.15, -0.1) is 11.3 Å². The number of carbonyl (C=O) groups excluding carboxylic acids is 1. The van der Waals surface area contributed by atoms with Crippen LogP contribution in [-0.2, 0) is 11.2 Å². The van der Waals surface area contributed by atoms with Crippen LogP contribution in [0.3, 0.4) is 0 Å². The second-order valence-corrected chi connectivity index (χ2v) is 5.99. The third-order valence-electron chi connectivity index (χ3n) is 4.03. The molecule has 2 unspecified atom stereocenters. The Morgan fingerprint density at radius 2 is 2.37 bits per heavy atom. The van der Waals surface area contributed by atoms with Crippen molar-refractivity contribution in [1.82, 2.24) is 15.2 Å². The molecule has 19 heavy (non-hydrogen) atoms. The van der Waals surface area contributed by atoms with Crippen molar-refractivity contribution in [2.75, 3.05) is 13.6 Å². The standard InChI is InChI=1S/C14H19N3OS/c1-15-12-13-11(16-9-19-13)7-8-17(14(12)18)10-5-3-2-4-6-10/h2-3,9-10,12,15H,4-8H2,1H3. The van der Waals surface area contributed by atoms with E-state index in [4.69, 9.17) is 0 Å². The Labute approximate surface area is 117 Å². The number of nitrogens with one attached hydrogen (secondary N) is 1. The number of hydrogen-bond donors (Lipinski definition) is 1. The second kappa shape index (κ2) is 5.43. The molecule has 102 valence electrons. The molecule has 2 atom stereocenters. The number of allylic oxidation sites excluding steroid dienone is 1. The van der Waals surface area contributed by atoms with E-state index in [1.807, 2.05) is 12.6 Å². The highest BCUT2D eigenvalue weighted by Crippen LogP contribution is 2.30. The molecule has 5 heteroatoms. The number of carbonyl (C=O) groups is 1. The number of fused-ring (bicyclic) bond motifs is 1. The number of hydrogen-bond acceptors (Lipinski definition) is 4. The molecule has 1 N–H and O–H groups in total. The molecule has 1 aromatic heterocycles. The van der Waals surface area contributed by atoms with E-state index < -0.39 is 0 Å². The first kappa shape index (κ1) is 12.8. The van der Waals surface area contributed by atoms with Gasteiger partial charge in [-0.1, -0.05) is 12.2 Å². The summed E-state index contributed by atoms with van der Waals surface area (Å²) in [4.78, 5) is 20.3. The SMILES string of the molecule is CNC1C(=O)N(C2CC=CCC2)CCc2ncsc21. The lowest BCUT2D eigenvalue weighted by atomic mass is 9.99. The van der Waals surface area contributed by atoms with Crippen molar-refractivity contribution < 1.29 is 4.79 Å². The number of nitrogens with zero attached hydrogens (tertiary/aromatic N) is 2. The van der Waals surface area contributed by atoms with Crippen LogP contribution < -0.4 is 5.32 Å². The smallest absolute Gasteiger partial charge is 0.245 e. The minimum Gasteiger partial charge on any atom is -0.337 e. The zero-order valence-electron chi connectivity index (χ0n) is 11.1. The van der Waals surface area contributed by atoms with Gasteiger partial charge in [0.25, 0.3) is 0 Å². The van der Waals surface area contributed by atoms with Gasteiger partial charge in [-0.25, -0.2) is 4.98 Å². The lowest BCUT2D eigenvalue weighted by Gasteiger charge is -2.33. The Kier molecular flexibility index (Phi) is 3.66. The van der Waals surface area contributed by atoms with Gasteiger partial charge in [0.1, 0.15) is 6.04 Å². The quantitative estimate of drug-likeness (QED) is 0.840. The fourth-order valence-corrected chi connectivity index (χ4v) is 3.93. The normalized spacial score (nSPS) is 27.2. The van der Waals surface area contributed by atoms with Gasteiger partial charge in [0, 0.05) is 19.0 Å². The highest BCUT2D eigenvalue weighted by atomic mass is 32.1. The fraction of sp³-hybridized carbons (Fsp3) is 0.571. The summed E-state index contributed by atoms with van der Waals surface area (Å²) in [5, 5.41) is 3.17. The van der Waals surface area contributed by atoms with Gasteiger partial charge in [-0.3, -0.25) is 4.79 Å². The maximum Gasteiger partial charge on any atom is 0.245 e. The number of thiazole rings is 1. The molecule has 0 aromatic carbocycles. The lowest BCUT2D eigenvalue weighted by molar-refractivity contribution is -0.135. The molecule has 0 bridgehead atoms. The Morgan fingerprint density at radius 3 is 3.11 bits per heavy atom. The number of rotatable bonds is 2. The van der Waals surface area contributed by atoms with E-state index in [1.54, 1.807) is 11.3 Å². The third-order valence-corrected chi connectivity index (χ3v) is 4.96. The predicted molar refractivity (Wildman–Crippen MR) is 76.1 cm³/mol. The van der Waals surface area contributed by atoms with Gasteiger partial charge < -0.3 is 10.2 Å². The Bertz CT molecular complexity index is 497. The van der Waals surface area contributed by atoms with Crippen molar-refractivity contribution in [3.05, 3.63) is 28.2 Å². The molecule has 2 aliphatic rings. The van der Waals surface area contributed by atoms with E-state index in [9.17, 15) is 4.79 Å². The molecule has 1 amide bonds. The second-order valence-electron chi connectivity index (χ2n) is 5.10. The summed E-state index contributed by atoms with van der Waals surface area (Å²) in [6.07, 6.45) is 8.45. The van der Waals surface area contributed by atoms with Crippen LogP contribution in [-0.4, -0.2) is 35.4 Å². The third kappa shape index (κ3) is 2.32. The molecule has 0 spiro atoms. The average molecular weight is 277 g/mol. The first-order valence-electron chi connectivity index (χ1n) is 6.86. The van der Waals surface area contributed by atoms with E-state index >= 15 is 0 Å². The van der Waals surface area contributed by atoms with Crippen LogP contribution in [0.2, 0.25) is 0 Å². The van der Waals surface area contributed by atoms with Crippen LogP contribution in [0.1, 0.15) is 35.9 Å². The molecule has 1 aliphatic carbocycles. The van der Waals surface area contributed by atoms with Crippen LogP contribution in [0, 0.1) is 0 Å². The van der Waals surface area contributed by atoms with Gasteiger partial charge in [-0.05, 0) is 26.3 Å². The largest absolute Gasteiger partial charge is 0.337 e. The summed E-state index contributed by atoms with van der Waals surface area (Å²) < 4.78 is 0. The zero-order valence-corrected chi connectivity index (χ0v) is 11.9. The Hall–Kier alpha value is -1.20. The molecule has 0 fully saturated rings. The molecular weight excluding hydrogens is 258 g/mol. The number of likely N-dealkylation sites (N-methyl/N-ethyl adjacent to an activating group) is 1. The van der Waals surface area contributed by atoms with Crippen molar-refractivity contribution in [3.8, 4) is 0 Å². The van der Waals surface area contributed by atoms with E-state index in [1.165, 1.54) is 0 Å². The fourth-order valence-electron chi connectivity index (χ4n) is 2.99. The molecule has 1 aromatic rings. The molecule has 4 nitrogen and oxygen atoms in total. The van der Waals surface area contributed by atoms with E-state index in [0.717, 1.165) is 42.8 Å². The average Bonchev–Trinajstić information content (AvgIpc) is 2.85. The minimum atomic E-state index is -0.212. The maximum absolute atomic E-state index is 12.8. The summed E-state index contributed by atoms with van der Waals surface area (Å²) in [6.45, 7) is 0.798. The van der Waals surface area contributed by atoms with Crippen molar-refractivity contribution in [3.63, 3.8) is 0 Å². The topological polar surface area (TPSA) is 45.2 Å². The van der Waals surface area contributed by atoms with Crippen molar-refractivity contribution in [1.29, 1.82) is 0 Å². The van der Waals surface area contributed by atoms with Crippen LogP contribution in [0.4, 0.5) is 0 Å². The number of aromatic nitrogens is 1. The highest BCUT2D eigenvalue weighted by Gasteiger charge is 2.34. The zero-order chi connectivity index (χ0) is 13.2. The Morgan fingerprint density at radius 1 is 1.47 bits per heavy atom. The van der Waals surface area contributed by atoms with Gasteiger partial charge in [0.2, 0.25) is 5.91 Å². The van der Waals surface area contributed by atoms with Crippen LogP contribution >= 0.6 is 11.3 Å². The summed E-state index contributed by atoms with van der Waals surface area (Å²) >= 11 is 1.59. The number of amides is 1. The van der Waals surface area contributed by atoms with Crippen LogP contribution in [0.15, 0.2) is 17.7 Å².